The zero-order chi connectivity index (χ0) is 25.8. The van der Waals surface area contributed by atoms with Crippen LogP contribution in [0, 0.1) is 13.8 Å². The van der Waals surface area contributed by atoms with Gasteiger partial charge in [0.25, 0.3) is 5.56 Å². The van der Waals surface area contributed by atoms with E-state index in [0.717, 1.165) is 40.4 Å². The minimum absolute atomic E-state index is 0.000411. The SMILES string of the molecule is Cc1cc(C)c2c(c1)-c1c(c3oc(=O)c(Sc4cccc(Cl)c4)c(O)c3c(=O)n1-c1ccccc1)CC2. The molecule has 37 heavy (non-hydrogen) atoms. The van der Waals surface area contributed by atoms with Crippen molar-refractivity contribution in [3.8, 4) is 22.7 Å². The van der Waals surface area contributed by atoms with Crippen LogP contribution in [0.15, 0.2) is 90.5 Å². The monoisotopic (exact) mass is 527 g/mol. The predicted octanol–water partition coefficient (Wildman–Crippen LogP) is 6.84. The molecule has 2 aromatic heterocycles. The number of hydrogen-bond donors (Lipinski definition) is 1. The van der Waals surface area contributed by atoms with Crippen LogP contribution in [0.5, 0.6) is 5.75 Å². The predicted molar refractivity (Wildman–Crippen MR) is 148 cm³/mol. The van der Waals surface area contributed by atoms with Gasteiger partial charge < -0.3 is 9.52 Å². The fraction of sp³-hybridized carbons (Fsp3) is 0.133. The molecule has 0 amide bonds. The van der Waals surface area contributed by atoms with Gasteiger partial charge in [0, 0.05) is 26.7 Å². The van der Waals surface area contributed by atoms with Crippen LogP contribution in [0.4, 0.5) is 0 Å². The second-order valence-corrected chi connectivity index (χ2v) is 10.8. The molecule has 0 saturated carbocycles. The number of fused-ring (bicyclic) bond motifs is 5. The average Bonchev–Trinajstić information content (AvgIpc) is 2.87. The summed E-state index contributed by atoms with van der Waals surface area (Å²) in [4.78, 5) is 27.9. The third kappa shape index (κ3) is 3.88. The van der Waals surface area contributed by atoms with E-state index >= 15 is 0 Å². The van der Waals surface area contributed by atoms with Gasteiger partial charge in [0.05, 0.1) is 5.69 Å². The lowest BCUT2D eigenvalue weighted by Crippen LogP contribution is -2.26. The van der Waals surface area contributed by atoms with Crippen molar-refractivity contribution in [1.82, 2.24) is 4.57 Å². The molecule has 1 N–H and O–H groups in total. The highest BCUT2D eigenvalue weighted by Crippen LogP contribution is 2.42. The molecule has 0 bridgehead atoms. The number of nitrogens with zero attached hydrogens (tertiary/aromatic N) is 1. The number of halogens is 1. The van der Waals surface area contributed by atoms with Gasteiger partial charge >= 0.3 is 5.63 Å². The van der Waals surface area contributed by atoms with Crippen molar-refractivity contribution in [2.45, 2.75) is 36.5 Å². The van der Waals surface area contributed by atoms with Gasteiger partial charge in [0.2, 0.25) is 0 Å². The Kier molecular flexibility index (Phi) is 5.74. The minimum Gasteiger partial charge on any atom is -0.505 e. The fourth-order valence-corrected chi connectivity index (χ4v) is 6.39. The molecule has 0 fully saturated rings. The normalized spacial score (nSPS) is 12.4. The number of pyridine rings is 1. The van der Waals surface area contributed by atoms with Gasteiger partial charge in [0.1, 0.15) is 10.3 Å². The van der Waals surface area contributed by atoms with Crippen molar-refractivity contribution in [3.05, 3.63) is 115 Å². The van der Waals surface area contributed by atoms with Crippen LogP contribution in [0.3, 0.4) is 0 Å². The van der Waals surface area contributed by atoms with E-state index in [1.54, 1.807) is 28.8 Å². The van der Waals surface area contributed by atoms with E-state index < -0.39 is 11.2 Å². The summed E-state index contributed by atoms with van der Waals surface area (Å²) in [6.07, 6.45) is 1.30. The lowest BCUT2D eigenvalue weighted by Gasteiger charge is -2.27. The van der Waals surface area contributed by atoms with Crippen LogP contribution >= 0.6 is 23.4 Å². The lowest BCUT2D eigenvalue weighted by molar-refractivity contribution is 0.445. The van der Waals surface area contributed by atoms with Gasteiger partial charge in [-0.05, 0) is 74.2 Å². The molecule has 7 heteroatoms. The number of hydrogen-bond acceptors (Lipinski definition) is 5. The quantitative estimate of drug-likeness (QED) is 0.278. The highest BCUT2D eigenvalue weighted by molar-refractivity contribution is 7.99. The maximum absolute atomic E-state index is 14.2. The molecule has 184 valence electrons. The molecule has 2 heterocycles. The summed E-state index contributed by atoms with van der Waals surface area (Å²) in [5, 5.41) is 11.9. The zero-order valence-electron chi connectivity index (χ0n) is 20.2. The van der Waals surface area contributed by atoms with Crippen molar-refractivity contribution in [2.75, 3.05) is 0 Å². The van der Waals surface area contributed by atoms with Crippen molar-refractivity contribution in [2.24, 2.45) is 0 Å². The first-order valence-corrected chi connectivity index (χ1v) is 13.1. The molecule has 0 atom stereocenters. The number of aromatic hydroxyl groups is 1. The molecule has 0 radical (unpaired) electrons. The number of benzene rings is 3. The van der Waals surface area contributed by atoms with E-state index in [-0.39, 0.29) is 21.6 Å². The van der Waals surface area contributed by atoms with Crippen molar-refractivity contribution in [3.63, 3.8) is 0 Å². The molecule has 0 aliphatic heterocycles. The second kappa shape index (κ2) is 8.98. The Balaban J connectivity index is 1.72. The summed E-state index contributed by atoms with van der Waals surface area (Å²) in [6, 6.07) is 20.5. The van der Waals surface area contributed by atoms with Crippen molar-refractivity contribution >= 4 is 34.3 Å². The smallest absolute Gasteiger partial charge is 0.354 e. The van der Waals surface area contributed by atoms with Gasteiger partial charge in [0.15, 0.2) is 11.3 Å². The molecule has 0 unspecified atom stereocenters. The van der Waals surface area contributed by atoms with Gasteiger partial charge in [-0.15, -0.1) is 0 Å². The Labute approximate surface area is 222 Å². The number of aromatic nitrogens is 1. The Morgan fingerprint density at radius 3 is 2.46 bits per heavy atom. The molecular weight excluding hydrogens is 506 g/mol. The Hall–Kier alpha value is -3.74. The summed E-state index contributed by atoms with van der Waals surface area (Å²) in [7, 11) is 0. The number of para-hydroxylation sites is 1. The van der Waals surface area contributed by atoms with Gasteiger partial charge in [-0.1, -0.05) is 59.3 Å². The molecule has 5 nitrogen and oxygen atoms in total. The van der Waals surface area contributed by atoms with Crippen LogP contribution in [0.1, 0.15) is 22.3 Å². The first-order chi connectivity index (χ1) is 17.8. The first-order valence-electron chi connectivity index (χ1n) is 11.9. The van der Waals surface area contributed by atoms with Gasteiger partial charge in [-0.2, -0.15) is 0 Å². The van der Waals surface area contributed by atoms with E-state index in [9.17, 15) is 14.7 Å². The topological polar surface area (TPSA) is 72.4 Å². The average molecular weight is 528 g/mol. The van der Waals surface area contributed by atoms with E-state index in [4.69, 9.17) is 16.0 Å². The first kappa shape index (κ1) is 23.6. The fourth-order valence-electron chi connectivity index (χ4n) is 5.24. The van der Waals surface area contributed by atoms with Gasteiger partial charge in [-0.3, -0.25) is 9.36 Å². The summed E-state index contributed by atoms with van der Waals surface area (Å²) < 4.78 is 7.48. The summed E-state index contributed by atoms with van der Waals surface area (Å²) in [6.45, 7) is 4.10. The van der Waals surface area contributed by atoms with Crippen LogP contribution in [-0.2, 0) is 12.8 Å². The molecule has 0 spiro atoms. The van der Waals surface area contributed by atoms with Gasteiger partial charge in [-0.25, -0.2) is 4.79 Å². The van der Waals surface area contributed by atoms with Crippen LogP contribution in [-0.4, -0.2) is 9.67 Å². The lowest BCUT2D eigenvalue weighted by atomic mass is 9.84. The largest absolute Gasteiger partial charge is 0.505 e. The Morgan fingerprint density at radius 2 is 1.70 bits per heavy atom. The Morgan fingerprint density at radius 1 is 0.946 bits per heavy atom. The summed E-state index contributed by atoms with van der Waals surface area (Å²) >= 11 is 7.13. The summed E-state index contributed by atoms with van der Waals surface area (Å²) in [5.74, 6) is -0.375. The number of rotatable bonds is 3. The van der Waals surface area contributed by atoms with Crippen LogP contribution in [0.2, 0.25) is 5.02 Å². The molecule has 0 saturated heterocycles. The third-order valence-corrected chi connectivity index (χ3v) is 8.08. The molecular formula is C30H22ClNO4S. The van der Waals surface area contributed by atoms with Crippen molar-refractivity contribution < 1.29 is 9.52 Å². The Bertz CT molecular complexity index is 1840. The van der Waals surface area contributed by atoms with E-state index in [1.165, 1.54) is 5.56 Å². The zero-order valence-corrected chi connectivity index (χ0v) is 21.7. The highest BCUT2D eigenvalue weighted by Gasteiger charge is 2.30. The van der Waals surface area contributed by atoms with E-state index in [0.29, 0.717) is 27.7 Å². The van der Waals surface area contributed by atoms with E-state index in [1.807, 2.05) is 37.3 Å². The molecule has 1 aliphatic carbocycles. The second-order valence-electron chi connectivity index (χ2n) is 9.24. The van der Waals surface area contributed by atoms with Crippen molar-refractivity contribution in [1.29, 1.82) is 0 Å². The number of aryl methyl sites for hydroxylation is 3. The van der Waals surface area contributed by atoms with Crippen LogP contribution in [0.25, 0.3) is 27.9 Å². The highest BCUT2D eigenvalue weighted by atomic mass is 35.5. The standard InChI is InChI=1S/C30H22ClNO4S/c1-16-13-17(2)21-11-12-22-25(23(21)14-16)32(19-8-4-3-5-9-19)29(34)24-26(33)28(30(35)36-27(22)24)37-20-10-6-7-18(31)15-20/h3-10,13-15,33H,11-12H2,1-2H3. The maximum Gasteiger partial charge on any atom is 0.354 e. The van der Waals surface area contributed by atoms with E-state index in [2.05, 4.69) is 19.1 Å². The maximum atomic E-state index is 14.2. The molecule has 3 aromatic carbocycles. The van der Waals surface area contributed by atoms with Crippen LogP contribution < -0.4 is 11.2 Å². The molecule has 5 aromatic rings. The molecule has 1 aliphatic rings. The molecule has 6 rings (SSSR count). The minimum atomic E-state index is -0.694. The summed E-state index contributed by atoms with van der Waals surface area (Å²) in [5.41, 5.74) is 5.47. The third-order valence-electron chi connectivity index (χ3n) is 6.79.